The lowest BCUT2D eigenvalue weighted by Gasteiger charge is -2.43. The first-order valence-electron chi connectivity index (χ1n) is 11.4. The smallest absolute Gasteiger partial charge is 0.410 e. The van der Waals surface area contributed by atoms with Gasteiger partial charge in [0.05, 0.1) is 18.6 Å². The van der Waals surface area contributed by atoms with Crippen LogP contribution in [0.5, 0.6) is 0 Å². The molecule has 0 aromatic heterocycles. The van der Waals surface area contributed by atoms with Gasteiger partial charge in [-0.25, -0.2) is 4.79 Å². The SMILES string of the molecule is CO[C@H]1C([C@@]2(C)O[C@@H]2CC=C(C)C)[C@]2(CC[C@H]1OC(=O)N1C[C@@H]3C(C(N)=O)[C@@H]3C1)CO2. The second-order valence-electron chi connectivity index (χ2n) is 10.5. The van der Waals surface area contributed by atoms with Crippen molar-refractivity contribution in [3.8, 4) is 0 Å². The molecule has 3 heterocycles. The van der Waals surface area contributed by atoms with Gasteiger partial charge in [-0.15, -0.1) is 0 Å². The van der Waals surface area contributed by atoms with Gasteiger partial charge in [0.2, 0.25) is 5.91 Å². The van der Waals surface area contributed by atoms with Crippen molar-refractivity contribution in [2.75, 3.05) is 26.8 Å². The molecule has 2 N–H and O–H groups in total. The number of rotatable bonds is 6. The van der Waals surface area contributed by atoms with Crippen LogP contribution < -0.4 is 5.73 Å². The molecule has 172 valence electrons. The predicted octanol–water partition coefficient (Wildman–Crippen LogP) is 1.86. The molecular formula is C23H34N2O6. The second-order valence-corrected chi connectivity index (χ2v) is 10.5. The maximum Gasteiger partial charge on any atom is 0.410 e. The lowest BCUT2D eigenvalue weighted by Crippen LogP contribution is -2.56. The summed E-state index contributed by atoms with van der Waals surface area (Å²) in [5.74, 6) is 0.0673. The summed E-state index contributed by atoms with van der Waals surface area (Å²) in [6.45, 7) is 8.11. The molecule has 2 unspecified atom stereocenters. The van der Waals surface area contributed by atoms with Crippen molar-refractivity contribution in [1.29, 1.82) is 0 Å². The number of nitrogens with two attached hydrogens (primary N) is 1. The van der Waals surface area contributed by atoms with Gasteiger partial charge in [0, 0.05) is 26.1 Å². The number of primary amides is 1. The van der Waals surface area contributed by atoms with E-state index in [1.807, 2.05) is 0 Å². The van der Waals surface area contributed by atoms with E-state index in [-0.39, 0.29) is 65.2 Å². The molecule has 5 fully saturated rings. The van der Waals surface area contributed by atoms with Gasteiger partial charge < -0.3 is 29.6 Å². The largest absolute Gasteiger partial charge is 0.443 e. The zero-order valence-electron chi connectivity index (χ0n) is 18.8. The van der Waals surface area contributed by atoms with Crippen LogP contribution in [-0.2, 0) is 23.7 Å². The number of epoxide rings is 2. The maximum atomic E-state index is 12.9. The van der Waals surface area contributed by atoms with Gasteiger partial charge in [-0.3, -0.25) is 4.79 Å². The number of likely N-dealkylation sites (tertiary alicyclic amines) is 1. The summed E-state index contributed by atoms with van der Waals surface area (Å²) in [5, 5.41) is 0. The van der Waals surface area contributed by atoms with Crippen molar-refractivity contribution in [1.82, 2.24) is 4.90 Å². The van der Waals surface area contributed by atoms with Gasteiger partial charge in [-0.1, -0.05) is 11.6 Å². The maximum absolute atomic E-state index is 12.9. The summed E-state index contributed by atoms with van der Waals surface area (Å²) >= 11 is 0. The third-order valence-corrected chi connectivity index (χ3v) is 8.27. The molecule has 5 rings (SSSR count). The van der Waals surface area contributed by atoms with E-state index in [0.717, 1.165) is 12.8 Å². The molecule has 2 saturated carbocycles. The van der Waals surface area contributed by atoms with E-state index in [2.05, 4.69) is 26.8 Å². The Morgan fingerprint density at radius 1 is 1.26 bits per heavy atom. The standard InChI is InChI=1S/C23H34N2O6/c1-12(2)5-6-16-22(3,31-16)19-18(28-4)15(7-8-23(19)11-29-23)30-21(27)25-9-13-14(10-25)17(13)20(24)26/h5,13-19H,6-11H2,1-4H3,(H2,24,26)/t13-,14+,15-,16-,17?,18-,19?,22+,23+/m1/s1. The molecule has 2 aliphatic carbocycles. The molecule has 8 nitrogen and oxygen atoms in total. The van der Waals surface area contributed by atoms with Gasteiger partial charge >= 0.3 is 6.09 Å². The average Bonchev–Trinajstić information content (AvgIpc) is 3.67. The Balaban J connectivity index is 1.25. The zero-order chi connectivity index (χ0) is 22.1. The summed E-state index contributed by atoms with van der Waals surface area (Å²) in [6, 6.07) is 0. The number of nitrogens with zero attached hydrogens (tertiary/aromatic N) is 1. The van der Waals surface area contributed by atoms with Gasteiger partial charge in [0.1, 0.15) is 23.4 Å². The fourth-order valence-corrected chi connectivity index (χ4v) is 6.37. The van der Waals surface area contributed by atoms with Crippen LogP contribution in [0.25, 0.3) is 0 Å². The summed E-state index contributed by atoms with van der Waals surface area (Å²) in [5.41, 5.74) is 6.11. The Labute approximate surface area is 183 Å². The van der Waals surface area contributed by atoms with Crippen molar-refractivity contribution in [3.05, 3.63) is 11.6 Å². The lowest BCUT2D eigenvalue weighted by atomic mass is 9.68. The number of carbonyl (C=O) groups is 2. The van der Waals surface area contributed by atoms with Crippen LogP contribution in [0.2, 0.25) is 0 Å². The molecular weight excluding hydrogens is 400 g/mol. The lowest BCUT2D eigenvalue weighted by molar-refractivity contribution is -0.122. The highest BCUT2D eigenvalue weighted by Crippen LogP contribution is 2.60. The van der Waals surface area contributed by atoms with Crippen LogP contribution in [0.3, 0.4) is 0 Å². The summed E-state index contributed by atoms with van der Waals surface area (Å²) < 4.78 is 24.1. The van der Waals surface area contributed by atoms with E-state index < -0.39 is 0 Å². The Morgan fingerprint density at radius 2 is 1.94 bits per heavy atom. The van der Waals surface area contributed by atoms with Crippen LogP contribution in [0.4, 0.5) is 4.79 Å². The van der Waals surface area contributed by atoms with Crippen molar-refractivity contribution < 1.29 is 28.5 Å². The highest BCUT2D eigenvalue weighted by molar-refractivity contribution is 5.81. The number of piperidine rings is 1. The van der Waals surface area contributed by atoms with Gasteiger partial charge in [0.15, 0.2) is 0 Å². The number of ether oxygens (including phenoxy) is 4. The van der Waals surface area contributed by atoms with Gasteiger partial charge in [0.25, 0.3) is 0 Å². The first-order valence-corrected chi connectivity index (χ1v) is 11.4. The van der Waals surface area contributed by atoms with E-state index in [0.29, 0.717) is 26.1 Å². The Kier molecular flexibility index (Phi) is 4.92. The first-order chi connectivity index (χ1) is 14.7. The first kappa shape index (κ1) is 21.2. The van der Waals surface area contributed by atoms with E-state index in [9.17, 15) is 9.59 Å². The molecule has 8 heteroatoms. The zero-order valence-corrected chi connectivity index (χ0v) is 18.8. The van der Waals surface area contributed by atoms with Crippen molar-refractivity contribution in [3.63, 3.8) is 0 Å². The topological polar surface area (TPSA) is 107 Å². The van der Waals surface area contributed by atoms with Crippen molar-refractivity contribution >= 4 is 12.0 Å². The number of hydrogen-bond acceptors (Lipinski definition) is 6. The van der Waals surface area contributed by atoms with E-state index in [1.165, 1.54) is 5.57 Å². The molecule has 0 bridgehead atoms. The molecule has 31 heavy (non-hydrogen) atoms. The summed E-state index contributed by atoms with van der Waals surface area (Å²) in [7, 11) is 1.68. The van der Waals surface area contributed by atoms with E-state index >= 15 is 0 Å². The molecule has 0 radical (unpaired) electrons. The van der Waals surface area contributed by atoms with Gasteiger partial charge in [-0.2, -0.15) is 0 Å². The monoisotopic (exact) mass is 434 g/mol. The second kappa shape index (κ2) is 7.18. The fraction of sp³-hybridized carbons (Fsp3) is 0.826. The van der Waals surface area contributed by atoms with Crippen LogP contribution in [0.1, 0.15) is 40.0 Å². The molecule has 3 saturated heterocycles. The highest BCUT2D eigenvalue weighted by atomic mass is 16.6. The molecule has 2 amide bonds. The average molecular weight is 435 g/mol. The van der Waals surface area contributed by atoms with Crippen molar-refractivity contribution in [2.45, 2.75) is 69.5 Å². The normalized spacial score (nSPS) is 47.0. The van der Waals surface area contributed by atoms with Gasteiger partial charge in [-0.05, 0) is 51.9 Å². The molecule has 0 aromatic carbocycles. The van der Waals surface area contributed by atoms with Crippen LogP contribution in [0.15, 0.2) is 11.6 Å². The molecule has 5 aliphatic rings. The molecule has 1 spiro atoms. The van der Waals surface area contributed by atoms with E-state index in [1.54, 1.807) is 12.0 Å². The van der Waals surface area contributed by atoms with Crippen LogP contribution >= 0.6 is 0 Å². The van der Waals surface area contributed by atoms with E-state index in [4.69, 9.17) is 24.7 Å². The Bertz CT molecular complexity index is 794. The minimum atomic E-state index is -0.349. The fourth-order valence-electron chi connectivity index (χ4n) is 6.37. The third-order valence-electron chi connectivity index (χ3n) is 8.27. The minimum absolute atomic E-state index is 0.0123. The number of fused-ring (bicyclic) bond motifs is 1. The minimum Gasteiger partial charge on any atom is -0.443 e. The molecule has 9 atom stereocenters. The molecule has 0 aromatic rings. The summed E-state index contributed by atoms with van der Waals surface area (Å²) in [6.07, 6.45) is 3.79. The Morgan fingerprint density at radius 3 is 2.48 bits per heavy atom. The molecule has 3 aliphatic heterocycles. The summed E-state index contributed by atoms with van der Waals surface area (Å²) in [4.78, 5) is 26.0. The predicted molar refractivity (Wildman–Crippen MR) is 111 cm³/mol. The van der Waals surface area contributed by atoms with Crippen LogP contribution in [0, 0.1) is 23.7 Å². The van der Waals surface area contributed by atoms with Crippen molar-refractivity contribution in [2.24, 2.45) is 29.4 Å². The quantitative estimate of drug-likeness (QED) is 0.505. The highest BCUT2D eigenvalue weighted by Gasteiger charge is 2.72. The number of methoxy groups -OCH3 is 1. The number of carbonyl (C=O) groups excluding carboxylic acids is 2. The number of allylic oxidation sites excluding steroid dienone is 1. The van der Waals surface area contributed by atoms with Crippen LogP contribution in [-0.4, -0.2) is 73.2 Å². The third kappa shape index (κ3) is 3.47. The number of hydrogen-bond donors (Lipinski definition) is 1. The Hall–Kier alpha value is -1.64. The number of amides is 2.